The molecule has 6 heteroatoms. The van der Waals surface area contributed by atoms with E-state index in [4.69, 9.17) is 0 Å². The maximum atomic E-state index is 13.2. The van der Waals surface area contributed by atoms with Crippen molar-refractivity contribution in [2.75, 3.05) is 0 Å². The van der Waals surface area contributed by atoms with Crippen molar-refractivity contribution in [1.29, 1.82) is 0 Å². The van der Waals surface area contributed by atoms with Crippen LogP contribution >= 0.6 is 0 Å². The van der Waals surface area contributed by atoms with Crippen LogP contribution in [-0.2, 0) is 6.54 Å². The van der Waals surface area contributed by atoms with Crippen molar-refractivity contribution in [3.05, 3.63) is 95.9 Å². The van der Waals surface area contributed by atoms with E-state index in [1.165, 1.54) is 24.3 Å². The zero-order chi connectivity index (χ0) is 18.8. The highest BCUT2D eigenvalue weighted by atomic mass is 19.1. The largest absolute Gasteiger partial charge is 0.345 e. The minimum absolute atomic E-state index is 0.229. The van der Waals surface area contributed by atoms with Gasteiger partial charge in [0.15, 0.2) is 0 Å². The first-order chi connectivity index (χ1) is 13.1. The summed E-state index contributed by atoms with van der Waals surface area (Å²) in [5, 5.41) is 2.80. The fourth-order valence-electron chi connectivity index (χ4n) is 2.88. The summed E-state index contributed by atoms with van der Waals surface area (Å²) < 4.78 is 27.9. The predicted molar refractivity (Wildman–Crippen MR) is 98.2 cm³/mol. The van der Waals surface area contributed by atoms with Crippen LogP contribution in [0.3, 0.4) is 0 Å². The molecule has 4 aromatic rings. The van der Waals surface area contributed by atoms with Gasteiger partial charge in [0.2, 0.25) is 5.82 Å². The lowest BCUT2D eigenvalue weighted by Crippen LogP contribution is -2.25. The Morgan fingerprint density at radius 3 is 2.30 bits per heavy atom. The molecule has 0 radical (unpaired) electrons. The third-order valence-corrected chi connectivity index (χ3v) is 4.24. The minimum atomic E-state index is -0.353. The molecule has 0 aliphatic rings. The molecule has 1 amide bonds. The van der Waals surface area contributed by atoms with Crippen molar-refractivity contribution in [2.24, 2.45) is 0 Å². The molecule has 0 bridgehead atoms. The molecular formula is C21H15F2N3O. The van der Waals surface area contributed by atoms with Gasteiger partial charge in [-0.25, -0.2) is 13.8 Å². The fourth-order valence-corrected chi connectivity index (χ4v) is 2.88. The number of carbonyl (C=O) groups excluding carboxylic acids is 1. The second-order valence-electron chi connectivity index (χ2n) is 6.06. The van der Waals surface area contributed by atoms with E-state index in [0.29, 0.717) is 5.69 Å². The first kappa shape index (κ1) is 16.9. The van der Waals surface area contributed by atoms with Crippen LogP contribution in [0.2, 0.25) is 0 Å². The molecule has 0 atom stereocenters. The molecule has 0 fully saturated rings. The molecular weight excluding hydrogens is 348 g/mol. The summed E-state index contributed by atoms with van der Waals surface area (Å²) in [5.41, 5.74) is 2.85. The number of carbonyl (C=O) groups is 1. The number of imidazole rings is 1. The number of amides is 1. The summed E-state index contributed by atoms with van der Waals surface area (Å²) in [5.74, 6) is -0.784. The maximum absolute atomic E-state index is 13.2. The molecule has 0 saturated heterocycles. The van der Waals surface area contributed by atoms with Crippen molar-refractivity contribution >= 4 is 11.4 Å². The summed E-state index contributed by atoms with van der Waals surface area (Å²) in [6.45, 7) is 0.257. The fraction of sp³-hybridized carbons (Fsp3) is 0.0476. The Morgan fingerprint density at radius 1 is 0.926 bits per heavy atom. The van der Waals surface area contributed by atoms with Crippen molar-refractivity contribution < 1.29 is 13.6 Å². The van der Waals surface area contributed by atoms with Crippen LogP contribution in [0, 0.1) is 11.6 Å². The summed E-state index contributed by atoms with van der Waals surface area (Å²) in [4.78, 5) is 17.2. The summed E-state index contributed by atoms with van der Waals surface area (Å²) in [6.07, 6.45) is 1.75. The van der Waals surface area contributed by atoms with Crippen molar-refractivity contribution in [3.8, 4) is 11.3 Å². The normalized spacial score (nSPS) is 10.9. The van der Waals surface area contributed by atoms with E-state index in [2.05, 4.69) is 10.3 Å². The van der Waals surface area contributed by atoms with E-state index in [-0.39, 0.29) is 29.9 Å². The first-order valence-electron chi connectivity index (χ1n) is 8.37. The van der Waals surface area contributed by atoms with Gasteiger partial charge < -0.3 is 5.32 Å². The number of nitrogens with one attached hydrogen (secondary N) is 1. The molecule has 4 rings (SSSR count). The van der Waals surface area contributed by atoms with E-state index < -0.39 is 0 Å². The summed E-state index contributed by atoms with van der Waals surface area (Å²) >= 11 is 0. The number of aromatic nitrogens is 2. The van der Waals surface area contributed by atoms with Gasteiger partial charge in [0.05, 0.1) is 11.2 Å². The lowest BCUT2D eigenvalue weighted by molar-refractivity contribution is 0.0940. The lowest BCUT2D eigenvalue weighted by atomic mass is 10.1. The zero-order valence-electron chi connectivity index (χ0n) is 14.2. The number of nitrogens with zero attached hydrogens (tertiary/aromatic N) is 2. The molecule has 4 nitrogen and oxygen atoms in total. The molecule has 1 N–H and O–H groups in total. The molecule has 0 spiro atoms. The highest BCUT2D eigenvalue weighted by Gasteiger charge is 2.18. The molecule has 2 aromatic heterocycles. The first-order valence-corrected chi connectivity index (χ1v) is 8.37. The average Bonchev–Trinajstić information content (AvgIpc) is 3.08. The number of rotatable bonds is 4. The highest BCUT2D eigenvalue weighted by Crippen LogP contribution is 2.25. The van der Waals surface area contributed by atoms with Crippen molar-refractivity contribution in [2.45, 2.75) is 6.54 Å². The monoisotopic (exact) mass is 363 g/mol. The van der Waals surface area contributed by atoms with Gasteiger partial charge in [-0.15, -0.1) is 0 Å². The number of hydrogen-bond donors (Lipinski definition) is 1. The van der Waals surface area contributed by atoms with E-state index in [1.807, 2.05) is 12.1 Å². The smallest absolute Gasteiger partial charge is 0.287 e. The van der Waals surface area contributed by atoms with Gasteiger partial charge in [0, 0.05) is 18.3 Å². The van der Waals surface area contributed by atoms with Gasteiger partial charge in [-0.2, -0.15) is 0 Å². The third kappa shape index (κ3) is 3.42. The van der Waals surface area contributed by atoms with Crippen LogP contribution < -0.4 is 5.32 Å². The van der Waals surface area contributed by atoms with Crippen LogP contribution in [0.15, 0.2) is 72.9 Å². The Balaban J connectivity index is 1.66. The number of pyridine rings is 1. The SMILES string of the molecule is O=C(NCc1ccc(F)cc1)c1nc(-c2ccc(F)cc2)c2ccccn12. The number of benzene rings is 2. The van der Waals surface area contributed by atoms with E-state index in [0.717, 1.165) is 16.6 Å². The highest BCUT2D eigenvalue weighted by molar-refractivity contribution is 5.94. The van der Waals surface area contributed by atoms with Gasteiger partial charge in [0.25, 0.3) is 5.91 Å². The summed E-state index contributed by atoms with van der Waals surface area (Å²) in [7, 11) is 0. The molecule has 0 aliphatic heterocycles. The summed E-state index contributed by atoms with van der Waals surface area (Å²) in [6, 6.07) is 17.4. The quantitative estimate of drug-likeness (QED) is 0.590. The van der Waals surface area contributed by atoms with Crippen LogP contribution in [-0.4, -0.2) is 15.3 Å². The van der Waals surface area contributed by atoms with E-state index in [1.54, 1.807) is 40.9 Å². The molecule has 0 saturated carbocycles. The number of fused-ring (bicyclic) bond motifs is 1. The molecule has 2 aromatic carbocycles. The van der Waals surface area contributed by atoms with Gasteiger partial charge in [-0.05, 0) is 54.1 Å². The minimum Gasteiger partial charge on any atom is -0.345 e. The number of hydrogen-bond acceptors (Lipinski definition) is 2. The van der Waals surface area contributed by atoms with Gasteiger partial charge in [-0.1, -0.05) is 18.2 Å². The van der Waals surface area contributed by atoms with Crippen molar-refractivity contribution in [1.82, 2.24) is 14.7 Å². The molecule has 27 heavy (non-hydrogen) atoms. The van der Waals surface area contributed by atoms with Crippen LogP contribution in [0.25, 0.3) is 16.8 Å². The molecule has 134 valence electrons. The molecule has 0 aliphatic carbocycles. The number of halogens is 2. The van der Waals surface area contributed by atoms with Crippen LogP contribution in [0.5, 0.6) is 0 Å². The van der Waals surface area contributed by atoms with Crippen LogP contribution in [0.1, 0.15) is 16.2 Å². The molecule has 0 unspecified atom stereocenters. The Kier molecular flexibility index (Phi) is 4.38. The topological polar surface area (TPSA) is 46.4 Å². The second kappa shape index (κ2) is 6.99. The third-order valence-electron chi connectivity index (χ3n) is 4.24. The second-order valence-corrected chi connectivity index (χ2v) is 6.06. The average molecular weight is 363 g/mol. The predicted octanol–water partition coefficient (Wildman–Crippen LogP) is 4.21. The standard InChI is InChI=1S/C21H15F2N3O/c22-16-8-4-14(5-9-16)13-24-21(27)20-25-19(15-6-10-17(23)11-7-15)18-3-1-2-12-26(18)20/h1-12H,13H2,(H,24,27). The van der Waals surface area contributed by atoms with E-state index in [9.17, 15) is 13.6 Å². The maximum Gasteiger partial charge on any atom is 0.287 e. The Labute approximate surface area is 154 Å². The van der Waals surface area contributed by atoms with E-state index >= 15 is 0 Å². The Hall–Kier alpha value is -3.54. The molecule has 2 heterocycles. The van der Waals surface area contributed by atoms with Crippen LogP contribution in [0.4, 0.5) is 8.78 Å². The van der Waals surface area contributed by atoms with Crippen molar-refractivity contribution in [3.63, 3.8) is 0 Å². The van der Waals surface area contributed by atoms with Gasteiger partial charge in [-0.3, -0.25) is 9.20 Å². The Bertz CT molecular complexity index is 1100. The Morgan fingerprint density at radius 2 is 1.59 bits per heavy atom. The lowest BCUT2D eigenvalue weighted by Gasteiger charge is -2.04. The van der Waals surface area contributed by atoms with Gasteiger partial charge in [0.1, 0.15) is 11.6 Å². The zero-order valence-corrected chi connectivity index (χ0v) is 14.2. The van der Waals surface area contributed by atoms with Gasteiger partial charge >= 0.3 is 0 Å².